The number of hydrogen-bond acceptors (Lipinski definition) is 3. The van der Waals surface area contributed by atoms with Crippen molar-refractivity contribution in [1.29, 1.82) is 0 Å². The van der Waals surface area contributed by atoms with E-state index in [-0.39, 0.29) is 11.3 Å². The number of carbonyl (C=O) groups excluding carboxylic acids is 1. The van der Waals surface area contributed by atoms with Crippen LogP contribution in [0, 0.1) is 0 Å². The van der Waals surface area contributed by atoms with E-state index in [9.17, 15) is 9.90 Å². The molecule has 1 rings (SSSR count). The maximum absolute atomic E-state index is 10.7. The topological polar surface area (TPSA) is 61.4 Å². The summed E-state index contributed by atoms with van der Waals surface area (Å²) in [5, 5.41) is 15.9. The monoisotopic (exact) mass is 278 g/mol. The Balaban J connectivity index is 2.40. The number of amides is 1. The second kappa shape index (κ2) is 7.41. The molecule has 0 aliphatic heterocycles. The largest absolute Gasteiger partial charge is 0.387 e. The molecular weight excluding hydrogens is 252 g/mol. The van der Waals surface area contributed by atoms with Crippen LogP contribution in [-0.2, 0) is 10.2 Å². The first-order valence-electron chi connectivity index (χ1n) is 7.04. The third-order valence-electron chi connectivity index (χ3n) is 3.17. The van der Waals surface area contributed by atoms with Gasteiger partial charge in [0.15, 0.2) is 0 Å². The van der Waals surface area contributed by atoms with Crippen molar-refractivity contribution in [2.24, 2.45) is 0 Å². The van der Waals surface area contributed by atoms with Crippen molar-refractivity contribution in [3.63, 3.8) is 0 Å². The second-order valence-electron chi connectivity index (χ2n) is 6.07. The maximum Gasteiger partial charge on any atom is 0.216 e. The van der Waals surface area contributed by atoms with Crippen LogP contribution < -0.4 is 10.6 Å². The summed E-state index contributed by atoms with van der Waals surface area (Å²) >= 11 is 0. The highest BCUT2D eigenvalue weighted by atomic mass is 16.3. The molecule has 0 spiro atoms. The van der Waals surface area contributed by atoms with E-state index in [1.807, 2.05) is 12.1 Å². The first kappa shape index (κ1) is 16.7. The Morgan fingerprint density at radius 2 is 1.80 bits per heavy atom. The molecule has 1 aromatic carbocycles. The highest BCUT2D eigenvalue weighted by Gasteiger charge is 2.14. The Hall–Kier alpha value is -1.39. The Morgan fingerprint density at radius 1 is 1.20 bits per heavy atom. The van der Waals surface area contributed by atoms with Crippen LogP contribution in [0.5, 0.6) is 0 Å². The summed E-state index contributed by atoms with van der Waals surface area (Å²) in [6.07, 6.45) is -0.527. The summed E-state index contributed by atoms with van der Waals surface area (Å²) in [6, 6.07) is 8.08. The zero-order valence-corrected chi connectivity index (χ0v) is 12.9. The van der Waals surface area contributed by atoms with Crippen molar-refractivity contribution >= 4 is 5.91 Å². The van der Waals surface area contributed by atoms with Gasteiger partial charge in [0.05, 0.1) is 6.10 Å². The standard InChI is InChI=1S/C16H26N2O2/c1-12(19)18-10-9-17-11-15(20)13-5-7-14(8-6-13)16(2,3)4/h5-8,15,17,20H,9-11H2,1-4H3,(H,18,19). The number of hydrogen-bond donors (Lipinski definition) is 3. The van der Waals surface area contributed by atoms with Gasteiger partial charge in [-0.05, 0) is 16.5 Å². The van der Waals surface area contributed by atoms with Crippen molar-refractivity contribution in [2.75, 3.05) is 19.6 Å². The number of rotatable bonds is 6. The predicted molar refractivity (Wildman–Crippen MR) is 81.7 cm³/mol. The van der Waals surface area contributed by atoms with Gasteiger partial charge in [-0.3, -0.25) is 4.79 Å². The quantitative estimate of drug-likeness (QED) is 0.695. The van der Waals surface area contributed by atoms with Crippen molar-refractivity contribution in [3.05, 3.63) is 35.4 Å². The molecule has 4 heteroatoms. The third-order valence-corrected chi connectivity index (χ3v) is 3.17. The van der Waals surface area contributed by atoms with Crippen molar-refractivity contribution in [2.45, 2.75) is 39.2 Å². The molecule has 0 saturated heterocycles. The van der Waals surface area contributed by atoms with Crippen LogP contribution in [0.25, 0.3) is 0 Å². The summed E-state index contributed by atoms with van der Waals surface area (Å²) in [5.74, 6) is -0.0369. The van der Waals surface area contributed by atoms with E-state index < -0.39 is 6.10 Å². The van der Waals surface area contributed by atoms with Crippen molar-refractivity contribution in [1.82, 2.24) is 10.6 Å². The minimum atomic E-state index is -0.527. The Labute approximate surface area is 121 Å². The highest BCUT2D eigenvalue weighted by molar-refractivity contribution is 5.72. The fourth-order valence-corrected chi connectivity index (χ4v) is 1.89. The molecule has 0 aromatic heterocycles. The molecule has 0 radical (unpaired) electrons. The molecule has 1 aromatic rings. The molecule has 20 heavy (non-hydrogen) atoms. The second-order valence-corrected chi connectivity index (χ2v) is 6.07. The lowest BCUT2D eigenvalue weighted by Crippen LogP contribution is -2.32. The molecule has 3 N–H and O–H groups in total. The molecule has 0 aliphatic rings. The number of aliphatic hydroxyl groups is 1. The van der Waals surface area contributed by atoms with Crippen molar-refractivity contribution < 1.29 is 9.90 Å². The molecule has 1 amide bonds. The van der Waals surface area contributed by atoms with Gasteiger partial charge in [0, 0.05) is 26.6 Å². The molecule has 0 saturated carbocycles. The molecule has 0 heterocycles. The minimum absolute atomic E-state index is 0.0369. The molecule has 0 aliphatic carbocycles. The first-order chi connectivity index (χ1) is 9.30. The maximum atomic E-state index is 10.7. The van der Waals surface area contributed by atoms with Gasteiger partial charge >= 0.3 is 0 Å². The van der Waals surface area contributed by atoms with E-state index in [1.165, 1.54) is 12.5 Å². The summed E-state index contributed by atoms with van der Waals surface area (Å²) < 4.78 is 0. The van der Waals surface area contributed by atoms with Gasteiger partial charge < -0.3 is 15.7 Å². The predicted octanol–water partition coefficient (Wildman–Crippen LogP) is 1.74. The Morgan fingerprint density at radius 3 is 2.30 bits per heavy atom. The van der Waals surface area contributed by atoms with Gasteiger partial charge in [0.25, 0.3) is 0 Å². The molecule has 1 unspecified atom stereocenters. The van der Waals surface area contributed by atoms with Crippen LogP contribution in [0.3, 0.4) is 0 Å². The van der Waals surface area contributed by atoms with Gasteiger partial charge in [-0.1, -0.05) is 45.0 Å². The van der Waals surface area contributed by atoms with Crippen LogP contribution >= 0.6 is 0 Å². The summed E-state index contributed by atoms with van der Waals surface area (Å²) in [7, 11) is 0. The zero-order valence-electron chi connectivity index (χ0n) is 12.9. The van der Waals surface area contributed by atoms with Gasteiger partial charge in [0.1, 0.15) is 0 Å². The number of carbonyl (C=O) groups is 1. The molecule has 0 fully saturated rings. The average molecular weight is 278 g/mol. The first-order valence-corrected chi connectivity index (χ1v) is 7.04. The van der Waals surface area contributed by atoms with E-state index in [1.54, 1.807) is 0 Å². The van der Waals surface area contributed by atoms with Crippen LogP contribution in [0.15, 0.2) is 24.3 Å². The normalized spacial score (nSPS) is 13.1. The lowest BCUT2D eigenvalue weighted by atomic mass is 9.86. The SMILES string of the molecule is CC(=O)NCCNCC(O)c1ccc(C(C)(C)C)cc1. The summed E-state index contributed by atoms with van der Waals surface area (Å²) in [5.41, 5.74) is 2.29. The van der Waals surface area contributed by atoms with E-state index in [2.05, 4.69) is 43.5 Å². The van der Waals surface area contributed by atoms with Gasteiger partial charge in [-0.15, -0.1) is 0 Å². The summed E-state index contributed by atoms with van der Waals surface area (Å²) in [6.45, 7) is 9.70. The van der Waals surface area contributed by atoms with Gasteiger partial charge in [-0.25, -0.2) is 0 Å². The molecule has 112 valence electrons. The van der Waals surface area contributed by atoms with Gasteiger partial charge in [-0.2, -0.15) is 0 Å². The Bertz CT molecular complexity index is 421. The third kappa shape index (κ3) is 5.72. The van der Waals surface area contributed by atoms with E-state index in [0.717, 1.165) is 5.56 Å². The smallest absolute Gasteiger partial charge is 0.216 e. The van der Waals surface area contributed by atoms with Crippen LogP contribution in [0.4, 0.5) is 0 Å². The fourth-order valence-electron chi connectivity index (χ4n) is 1.89. The van der Waals surface area contributed by atoms with E-state index >= 15 is 0 Å². The van der Waals surface area contributed by atoms with Crippen LogP contribution in [-0.4, -0.2) is 30.6 Å². The highest BCUT2D eigenvalue weighted by Crippen LogP contribution is 2.23. The van der Waals surface area contributed by atoms with Crippen molar-refractivity contribution in [3.8, 4) is 0 Å². The Kier molecular flexibility index (Phi) is 6.17. The van der Waals surface area contributed by atoms with E-state index in [4.69, 9.17) is 0 Å². The molecule has 1 atom stereocenters. The summed E-state index contributed by atoms with van der Waals surface area (Å²) in [4.78, 5) is 10.7. The minimum Gasteiger partial charge on any atom is -0.387 e. The molecular formula is C16H26N2O2. The number of nitrogens with one attached hydrogen (secondary N) is 2. The fraction of sp³-hybridized carbons (Fsp3) is 0.562. The zero-order chi connectivity index (χ0) is 15.2. The van der Waals surface area contributed by atoms with Crippen LogP contribution in [0.1, 0.15) is 44.9 Å². The number of aliphatic hydroxyl groups excluding tert-OH is 1. The molecule has 4 nitrogen and oxygen atoms in total. The molecule has 0 bridgehead atoms. The van der Waals surface area contributed by atoms with Crippen LogP contribution in [0.2, 0.25) is 0 Å². The van der Waals surface area contributed by atoms with Gasteiger partial charge in [0.2, 0.25) is 5.91 Å². The number of benzene rings is 1. The lowest BCUT2D eigenvalue weighted by Gasteiger charge is -2.20. The lowest BCUT2D eigenvalue weighted by molar-refractivity contribution is -0.118. The average Bonchev–Trinajstić information content (AvgIpc) is 2.37. The van der Waals surface area contributed by atoms with E-state index in [0.29, 0.717) is 19.6 Å².